The predicted molar refractivity (Wildman–Crippen MR) is 112 cm³/mol. The van der Waals surface area contributed by atoms with E-state index < -0.39 is 10.2 Å². The first kappa shape index (κ1) is 20.8. The fraction of sp³-hybridized carbons (Fsp3) is 0.667. The SMILES string of the molecule is CN(C)S(=O)(=O)N1CC(CC#N)(N2CCC(N[C@@H]3C[C@H]3c3ccccc3)CC2)C1. The number of nitrogens with zero attached hydrogens (tertiary/aromatic N) is 4. The highest BCUT2D eigenvalue weighted by atomic mass is 32.2. The van der Waals surface area contributed by atoms with E-state index in [1.54, 1.807) is 14.1 Å². The van der Waals surface area contributed by atoms with Crippen molar-refractivity contribution in [2.75, 3.05) is 40.3 Å². The molecule has 0 radical (unpaired) electrons. The van der Waals surface area contributed by atoms with Crippen LogP contribution in [0.4, 0.5) is 0 Å². The Morgan fingerprint density at radius 3 is 2.45 bits per heavy atom. The van der Waals surface area contributed by atoms with Gasteiger partial charge in [-0.15, -0.1) is 0 Å². The summed E-state index contributed by atoms with van der Waals surface area (Å²) >= 11 is 0. The summed E-state index contributed by atoms with van der Waals surface area (Å²) in [5.74, 6) is 0.635. The number of benzene rings is 1. The second-order valence-electron chi connectivity index (χ2n) is 8.90. The quantitative estimate of drug-likeness (QED) is 0.725. The van der Waals surface area contributed by atoms with Gasteiger partial charge in [0.15, 0.2) is 0 Å². The molecule has 8 heteroatoms. The van der Waals surface area contributed by atoms with Crippen LogP contribution in [0.5, 0.6) is 0 Å². The van der Waals surface area contributed by atoms with E-state index in [0.29, 0.717) is 37.5 Å². The van der Waals surface area contributed by atoms with Crippen molar-refractivity contribution in [2.24, 2.45) is 0 Å². The molecule has 0 spiro atoms. The zero-order valence-electron chi connectivity index (χ0n) is 17.3. The van der Waals surface area contributed by atoms with Crippen molar-refractivity contribution < 1.29 is 8.42 Å². The van der Waals surface area contributed by atoms with Gasteiger partial charge in [0.05, 0.1) is 18.0 Å². The van der Waals surface area contributed by atoms with Gasteiger partial charge in [0.2, 0.25) is 0 Å². The molecule has 2 heterocycles. The zero-order chi connectivity index (χ0) is 20.6. The normalized spacial score (nSPS) is 28.1. The summed E-state index contributed by atoms with van der Waals surface area (Å²) in [5.41, 5.74) is 1.10. The van der Waals surface area contributed by atoms with Crippen LogP contribution in [0.3, 0.4) is 0 Å². The summed E-state index contributed by atoms with van der Waals surface area (Å²) in [7, 11) is -0.295. The average molecular weight is 418 g/mol. The van der Waals surface area contributed by atoms with Gasteiger partial charge in [0.25, 0.3) is 10.2 Å². The van der Waals surface area contributed by atoms with Crippen LogP contribution in [0.25, 0.3) is 0 Å². The molecule has 0 aromatic heterocycles. The van der Waals surface area contributed by atoms with Crippen molar-refractivity contribution in [1.82, 2.24) is 18.8 Å². The molecule has 1 aromatic rings. The molecule has 0 amide bonds. The summed E-state index contributed by atoms with van der Waals surface area (Å²) in [6.07, 6.45) is 3.68. The third-order valence-electron chi connectivity index (χ3n) is 6.77. The van der Waals surface area contributed by atoms with Crippen molar-refractivity contribution in [3.63, 3.8) is 0 Å². The van der Waals surface area contributed by atoms with Crippen LogP contribution in [-0.4, -0.2) is 79.8 Å². The van der Waals surface area contributed by atoms with Crippen LogP contribution in [0, 0.1) is 11.3 Å². The maximum absolute atomic E-state index is 12.4. The van der Waals surface area contributed by atoms with Crippen molar-refractivity contribution in [2.45, 2.75) is 49.2 Å². The summed E-state index contributed by atoms with van der Waals surface area (Å²) < 4.78 is 27.4. The van der Waals surface area contributed by atoms with Gasteiger partial charge in [0.1, 0.15) is 0 Å². The van der Waals surface area contributed by atoms with Gasteiger partial charge in [-0.05, 0) is 24.8 Å². The van der Waals surface area contributed by atoms with Gasteiger partial charge >= 0.3 is 0 Å². The van der Waals surface area contributed by atoms with Crippen LogP contribution < -0.4 is 5.32 Å². The molecule has 7 nitrogen and oxygen atoms in total. The van der Waals surface area contributed by atoms with E-state index in [9.17, 15) is 13.7 Å². The van der Waals surface area contributed by atoms with Crippen LogP contribution in [0.1, 0.15) is 37.2 Å². The van der Waals surface area contributed by atoms with Crippen LogP contribution >= 0.6 is 0 Å². The van der Waals surface area contributed by atoms with Crippen molar-refractivity contribution >= 4 is 10.2 Å². The first-order valence-corrected chi connectivity index (χ1v) is 11.9. The Hall–Kier alpha value is -1.50. The van der Waals surface area contributed by atoms with Gasteiger partial charge in [0, 0.05) is 58.3 Å². The van der Waals surface area contributed by atoms with Gasteiger partial charge in [-0.2, -0.15) is 22.3 Å². The standard InChI is InChI=1S/C21H31N5O2S/c1-24(2)29(27,28)26-15-21(16-26,10-11-22)25-12-8-18(9-13-25)23-20-14-19(20)17-6-4-3-5-7-17/h3-7,18-20,23H,8-10,12-16H2,1-2H3/t19-,20+/m0/s1. The van der Waals surface area contributed by atoms with E-state index in [1.807, 2.05) is 0 Å². The second-order valence-corrected chi connectivity index (χ2v) is 11.0. The Balaban J connectivity index is 1.29. The number of hydrogen-bond acceptors (Lipinski definition) is 5. The van der Waals surface area contributed by atoms with Crippen LogP contribution in [0.2, 0.25) is 0 Å². The minimum absolute atomic E-state index is 0.324. The van der Waals surface area contributed by atoms with E-state index in [0.717, 1.165) is 25.9 Å². The highest BCUT2D eigenvalue weighted by molar-refractivity contribution is 7.86. The fourth-order valence-corrected chi connectivity index (χ4v) is 6.11. The molecule has 1 aromatic carbocycles. The van der Waals surface area contributed by atoms with Crippen LogP contribution in [0.15, 0.2) is 30.3 Å². The number of hydrogen-bond donors (Lipinski definition) is 1. The van der Waals surface area contributed by atoms with E-state index in [-0.39, 0.29) is 5.54 Å². The lowest BCUT2D eigenvalue weighted by Gasteiger charge is -2.56. The lowest BCUT2D eigenvalue weighted by molar-refractivity contribution is -0.0273. The van der Waals surface area contributed by atoms with Gasteiger partial charge < -0.3 is 5.32 Å². The number of likely N-dealkylation sites (tertiary alicyclic amines) is 1. The molecular formula is C21H31N5O2S. The molecule has 2 atom stereocenters. The summed E-state index contributed by atoms with van der Waals surface area (Å²) in [6.45, 7) is 2.66. The fourth-order valence-electron chi connectivity index (χ4n) is 4.85. The summed E-state index contributed by atoms with van der Waals surface area (Å²) in [4.78, 5) is 2.36. The highest BCUT2D eigenvalue weighted by Gasteiger charge is 2.52. The molecule has 158 valence electrons. The number of piperidine rings is 1. The Bertz CT molecular complexity index is 853. The molecule has 2 saturated heterocycles. The first-order valence-electron chi connectivity index (χ1n) is 10.5. The number of rotatable bonds is 7. The molecule has 1 aliphatic carbocycles. The van der Waals surface area contributed by atoms with E-state index >= 15 is 0 Å². The predicted octanol–water partition coefficient (Wildman–Crippen LogP) is 1.37. The molecule has 3 fully saturated rings. The topological polar surface area (TPSA) is 79.7 Å². The van der Waals surface area contributed by atoms with Crippen molar-refractivity contribution in [1.29, 1.82) is 5.26 Å². The Labute approximate surface area is 174 Å². The van der Waals surface area contributed by atoms with E-state index in [1.165, 1.54) is 20.6 Å². The van der Waals surface area contributed by atoms with Gasteiger partial charge in [-0.25, -0.2) is 0 Å². The molecular weight excluding hydrogens is 386 g/mol. The molecule has 3 aliphatic rings. The summed E-state index contributed by atoms with van der Waals surface area (Å²) in [6, 6.07) is 14.1. The first-order chi connectivity index (χ1) is 13.9. The van der Waals surface area contributed by atoms with E-state index in [4.69, 9.17) is 0 Å². The smallest absolute Gasteiger partial charge is 0.281 e. The number of nitriles is 1. The molecule has 0 unspecified atom stereocenters. The largest absolute Gasteiger partial charge is 0.311 e. The minimum atomic E-state index is -3.40. The Morgan fingerprint density at radius 1 is 1.21 bits per heavy atom. The Morgan fingerprint density at radius 2 is 1.86 bits per heavy atom. The second kappa shape index (κ2) is 7.97. The van der Waals surface area contributed by atoms with Gasteiger partial charge in [-0.1, -0.05) is 30.3 Å². The molecule has 1 saturated carbocycles. The zero-order valence-corrected chi connectivity index (χ0v) is 18.1. The average Bonchev–Trinajstić information content (AvgIpc) is 3.44. The molecule has 1 N–H and O–H groups in total. The third-order valence-corrected chi connectivity index (χ3v) is 8.60. The van der Waals surface area contributed by atoms with Crippen molar-refractivity contribution in [3.05, 3.63) is 35.9 Å². The lowest BCUT2D eigenvalue weighted by atomic mass is 9.84. The summed E-state index contributed by atoms with van der Waals surface area (Å²) in [5, 5.41) is 13.2. The van der Waals surface area contributed by atoms with Gasteiger partial charge in [-0.3, -0.25) is 4.90 Å². The van der Waals surface area contributed by atoms with Crippen molar-refractivity contribution in [3.8, 4) is 6.07 Å². The minimum Gasteiger partial charge on any atom is -0.311 e. The Kier molecular flexibility index (Phi) is 5.70. The maximum Gasteiger partial charge on any atom is 0.281 e. The molecule has 0 bridgehead atoms. The molecule has 2 aliphatic heterocycles. The maximum atomic E-state index is 12.4. The lowest BCUT2D eigenvalue weighted by Crippen LogP contribution is -2.73. The highest BCUT2D eigenvalue weighted by Crippen LogP contribution is 2.42. The van der Waals surface area contributed by atoms with E-state index in [2.05, 4.69) is 46.6 Å². The third kappa shape index (κ3) is 4.07. The van der Waals surface area contributed by atoms with Crippen LogP contribution in [-0.2, 0) is 10.2 Å². The molecule has 29 heavy (non-hydrogen) atoms. The molecule has 4 rings (SSSR count). The monoisotopic (exact) mass is 417 g/mol. The number of nitrogens with one attached hydrogen (secondary N) is 1.